The standard InChI is InChI=1S/C29H43N5O4.2ClH/c1-22(2)20-33(25-17-23(18-30-19-25)28(35)32-12-15-38-16-13-32)29(36)27-26(11-7-8-14-37-3)34(21-31-27)24-9-5-4-6-10-24;;/h4-6,9-10,21-23,25,30H,7-8,11-20H2,1-3H3;2*1H/t23-,25+;;/m1../s1. The summed E-state index contributed by atoms with van der Waals surface area (Å²) >= 11 is 0. The third-order valence-electron chi connectivity index (χ3n) is 7.38. The van der Waals surface area contributed by atoms with E-state index in [4.69, 9.17) is 9.47 Å². The van der Waals surface area contributed by atoms with Crippen molar-refractivity contribution in [1.29, 1.82) is 0 Å². The van der Waals surface area contributed by atoms with Gasteiger partial charge >= 0.3 is 0 Å². The molecule has 0 spiro atoms. The minimum atomic E-state index is -0.148. The van der Waals surface area contributed by atoms with Crippen LogP contribution in [0.15, 0.2) is 36.7 Å². The molecule has 1 N–H and O–H groups in total. The van der Waals surface area contributed by atoms with Gasteiger partial charge in [-0.05, 0) is 43.7 Å². The third-order valence-corrected chi connectivity index (χ3v) is 7.38. The minimum absolute atomic E-state index is 0. The molecule has 11 heteroatoms. The number of morpholine rings is 1. The van der Waals surface area contributed by atoms with E-state index in [0.717, 1.165) is 30.6 Å². The van der Waals surface area contributed by atoms with E-state index in [-0.39, 0.29) is 54.5 Å². The smallest absolute Gasteiger partial charge is 0.274 e. The number of imidazole rings is 1. The number of hydrogen-bond donors (Lipinski definition) is 1. The van der Waals surface area contributed by atoms with Gasteiger partial charge in [0.15, 0.2) is 0 Å². The molecule has 224 valence electrons. The van der Waals surface area contributed by atoms with E-state index in [1.54, 1.807) is 13.4 Å². The van der Waals surface area contributed by atoms with Gasteiger partial charge in [-0.15, -0.1) is 24.8 Å². The lowest BCUT2D eigenvalue weighted by molar-refractivity contribution is -0.140. The third kappa shape index (κ3) is 8.66. The lowest BCUT2D eigenvalue weighted by Gasteiger charge is -2.40. The van der Waals surface area contributed by atoms with Gasteiger partial charge in [0.2, 0.25) is 5.91 Å². The molecule has 40 heavy (non-hydrogen) atoms. The first-order valence-electron chi connectivity index (χ1n) is 14.0. The lowest BCUT2D eigenvalue weighted by Crippen LogP contribution is -2.56. The fourth-order valence-corrected chi connectivity index (χ4v) is 5.46. The summed E-state index contributed by atoms with van der Waals surface area (Å²) in [4.78, 5) is 36.0. The number of nitrogens with one attached hydrogen (secondary N) is 1. The number of benzene rings is 1. The van der Waals surface area contributed by atoms with Gasteiger partial charge in [-0.3, -0.25) is 9.59 Å². The average Bonchev–Trinajstić information content (AvgIpc) is 3.38. The average molecular weight is 599 g/mol. The molecule has 2 aliphatic heterocycles. The van der Waals surface area contributed by atoms with Crippen molar-refractivity contribution >= 4 is 36.6 Å². The predicted molar refractivity (Wildman–Crippen MR) is 161 cm³/mol. The first-order valence-corrected chi connectivity index (χ1v) is 14.0. The molecular weight excluding hydrogens is 553 g/mol. The van der Waals surface area contributed by atoms with Crippen molar-refractivity contribution in [2.75, 3.05) is 59.7 Å². The van der Waals surface area contributed by atoms with Gasteiger partial charge in [0.05, 0.1) is 24.8 Å². The Kier molecular flexibility index (Phi) is 14.4. The summed E-state index contributed by atoms with van der Waals surface area (Å²) in [5.41, 5.74) is 2.43. The van der Waals surface area contributed by atoms with Crippen LogP contribution < -0.4 is 5.32 Å². The van der Waals surface area contributed by atoms with Crippen LogP contribution in [0.2, 0.25) is 0 Å². The van der Waals surface area contributed by atoms with Gasteiger partial charge in [0, 0.05) is 58.2 Å². The van der Waals surface area contributed by atoms with Crippen molar-refractivity contribution in [3.05, 3.63) is 48.0 Å². The molecule has 2 saturated heterocycles. The molecule has 2 aromatic rings. The zero-order valence-electron chi connectivity index (χ0n) is 23.9. The number of nitrogens with zero attached hydrogens (tertiary/aromatic N) is 4. The second-order valence-electron chi connectivity index (χ2n) is 10.7. The Hall–Kier alpha value is -2.17. The maximum Gasteiger partial charge on any atom is 0.274 e. The van der Waals surface area contributed by atoms with Crippen molar-refractivity contribution in [2.24, 2.45) is 11.8 Å². The molecular formula is C29H45Cl2N5O4. The molecule has 2 atom stereocenters. The number of halogens is 2. The van der Waals surface area contributed by atoms with Crippen LogP contribution >= 0.6 is 24.8 Å². The van der Waals surface area contributed by atoms with Crippen LogP contribution in [0.25, 0.3) is 5.69 Å². The van der Waals surface area contributed by atoms with Crippen molar-refractivity contribution in [3.63, 3.8) is 0 Å². The number of ether oxygens (including phenoxy) is 2. The molecule has 0 saturated carbocycles. The molecule has 0 unspecified atom stereocenters. The molecule has 2 amide bonds. The Morgan fingerprint density at radius 1 is 1.12 bits per heavy atom. The van der Waals surface area contributed by atoms with Crippen LogP contribution in [0.1, 0.15) is 49.3 Å². The Morgan fingerprint density at radius 2 is 1.85 bits per heavy atom. The SMILES string of the molecule is COCCCCc1c(C(=O)N(CC(C)C)[C@@H]2CNC[C@H](C(=O)N3CCOCC3)C2)ncn1-c1ccccc1.Cl.Cl. The van der Waals surface area contributed by atoms with Crippen molar-refractivity contribution in [1.82, 2.24) is 24.7 Å². The van der Waals surface area contributed by atoms with Crippen molar-refractivity contribution in [3.8, 4) is 5.69 Å². The van der Waals surface area contributed by atoms with Gasteiger partial charge < -0.3 is 29.2 Å². The molecule has 4 rings (SSSR count). The summed E-state index contributed by atoms with van der Waals surface area (Å²) in [5.74, 6) is 0.247. The number of rotatable bonds is 11. The van der Waals surface area contributed by atoms with Gasteiger partial charge in [-0.25, -0.2) is 4.98 Å². The van der Waals surface area contributed by atoms with Crippen LogP contribution in [0, 0.1) is 11.8 Å². The maximum atomic E-state index is 14.2. The molecule has 9 nitrogen and oxygen atoms in total. The molecule has 1 aromatic heterocycles. The summed E-state index contributed by atoms with van der Waals surface area (Å²) in [6, 6.07) is 9.98. The molecule has 2 fully saturated rings. The second-order valence-corrected chi connectivity index (χ2v) is 10.7. The highest BCUT2D eigenvalue weighted by Crippen LogP contribution is 2.24. The lowest BCUT2D eigenvalue weighted by atomic mass is 9.92. The number of amides is 2. The van der Waals surface area contributed by atoms with Crippen LogP contribution in [0.3, 0.4) is 0 Å². The van der Waals surface area contributed by atoms with E-state index in [1.165, 1.54) is 0 Å². The zero-order chi connectivity index (χ0) is 26.9. The molecule has 0 bridgehead atoms. The van der Waals surface area contributed by atoms with E-state index in [1.807, 2.05) is 44.7 Å². The number of unbranched alkanes of at least 4 members (excludes halogenated alkanes) is 1. The number of carbonyl (C=O) groups excluding carboxylic acids is 2. The number of methoxy groups -OCH3 is 1. The highest BCUT2D eigenvalue weighted by Gasteiger charge is 2.36. The van der Waals surface area contributed by atoms with Crippen LogP contribution in [0.4, 0.5) is 0 Å². The van der Waals surface area contributed by atoms with Gasteiger partial charge in [0.25, 0.3) is 5.91 Å². The Labute approximate surface area is 250 Å². The van der Waals surface area contributed by atoms with Gasteiger partial charge in [-0.1, -0.05) is 32.0 Å². The Morgan fingerprint density at radius 3 is 2.52 bits per heavy atom. The van der Waals surface area contributed by atoms with E-state index in [2.05, 4.69) is 24.1 Å². The normalized spacial score (nSPS) is 19.1. The summed E-state index contributed by atoms with van der Waals surface area (Å²) in [6.07, 6.45) is 4.97. The van der Waals surface area contributed by atoms with Crippen LogP contribution in [0.5, 0.6) is 0 Å². The van der Waals surface area contributed by atoms with E-state index >= 15 is 0 Å². The monoisotopic (exact) mass is 597 g/mol. The summed E-state index contributed by atoms with van der Waals surface area (Å²) in [5, 5.41) is 3.45. The fourth-order valence-electron chi connectivity index (χ4n) is 5.46. The quantitative estimate of drug-likeness (QED) is 0.398. The highest BCUT2D eigenvalue weighted by molar-refractivity contribution is 5.94. The van der Waals surface area contributed by atoms with Crippen molar-refractivity contribution in [2.45, 2.75) is 45.6 Å². The first-order chi connectivity index (χ1) is 18.5. The summed E-state index contributed by atoms with van der Waals surface area (Å²) < 4.78 is 12.7. The molecule has 3 heterocycles. The Bertz CT molecular complexity index is 1050. The topological polar surface area (TPSA) is 88.9 Å². The zero-order valence-corrected chi connectivity index (χ0v) is 25.6. The maximum absolute atomic E-state index is 14.2. The highest BCUT2D eigenvalue weighted by atomic mass is 35.5. The van der Waals surface area contributed by atoms with Crippen LogP contribution in [-0.2, 0) is 20.7 Å². The number of aromatic nitrogens is 2. The summed E-state index contributed by atoms with van der Waals surface area (Å²) in [7, 11) is 1.71. The molecule has 2 aliphatic rings. The molecule has 1 aromatic carbocycles. The minimum Gasteiger partial charge on any atom is -0.385 e. The fraction of sp³-hybridized carbons (Fsp3) is 0.621. The number of piperidine rings is 1. The predicted octanol–water partition coefficient (Wildman–Crippen LogP) is 3.62. The van der Waals surface area contributed by atoms with Crippen molar-refractivity contribution < 1.29 is 19.1 Å². The molecule has 0 radical (unpaired) electrons. The summed E-state index contributed by atoms with van der Waals surface area (Å²) in [6.45, 7) is 9.32. The largest absolute Gasteiger partial charge is 0.385 e. The van der Waals surface area contributed by atoms with Gasteiger partial charge in [-0.2, -0.15) is 0 Å². The van der Waals surface area contributed by atoms with Gasteiger partial charge in [0.1, 0.15) is 12.0 Å². The first kappa shape index (κ1) is 34.0. The second kappa shape index (κ2) is 16.9. The van der Waals surface area contributed by atoms with E-state index < -0.39 is 0 Å². The van der Waals surface area contributed by atoms with Crippen LogP contribution in [-0.4, -0.2) is 96.9 Å². The Balaban J connectivity index is 0.00000280. The molecule has 0 aliphatic carbocycles. The van der Waals surface area contributed by atoms with E-state index in [0.29, 0.717) is 64.7 Å². The number of hydrogen-bond acceptors (Lipinski definition) is 6. The number of carbonyl (C=O) groups is 2. The number of para-hydroxylation sites is 1. The van der Waals surface area contributed by atoms with E-state index in [9.17, 15) is 9.59 Å².